The zero-order chi connectivity index (χ0) is 26.8. The number of urea groups is 1. The van der Waals surface area contributed by atoms with Crippen LogP contribution in [0, 0.1) is 0 Å². The summed E-state index contributed by atoms with van der Waals surface area (Å²) in [6.07, 6.45) is 5.04. The number of nitrogens with one attached hydrogen (secondary N) is 1. The fraction of sp³-hybridized carbons (Fsp3) is 0.321. The van der Waals surface area contributed by atoms with E-state index in [0.717, 1.165) is 36.8 Å². The summed E-state index contributed by atoms with van der Waals surface area (Å²) in [4.78, 5) is 45.5. The molecule has 2 saturated heterocycles. The molecule has 3 aromatic heterocycles. The van der Waals surface area contributed by atoms with Gasteiger partial charge < -0.3 is 25.1 Å². The molecule has 0 radical (unpaired) electrons. The lowest BCUT2D eigenvalue weighted by atomic mass is 9.98. The number of aromatic hydroxyl groups is 1. The number of phenolic OH excluding ortho intramolecular Hbond substituents is 1. The molecule has 5 heterocycles. The Morgan fingerprint density at radius 3 is 2.44 bits per heavy atom. The topological polar surface area (TPSA) is 115 Å². The molecule has 10 nitrogen and oxygen atoms in total. The maximum Gasteiger partial charge on any atom is 0.320 e. The standard InChI is InChI=1S/C28H29N7O3S/c36-23-7-6-21(20-4-3-11-30-25(20)23)31-26(37)22-18-39-27(32-22)19-8-12-34(13-9-19)28(38)35-16-14-33(15-17-35)24-5-1-2-10-29-24/h1-7,10-11,18-19,36H,8-9,12-17H2,(H,31,37). The molecule has 6 rings (SSSR count). The number of thiazole rings is 1. The summed E-state index contributed by atoms with van der Waals surface area (Å²) in [7, 11) is 0. The summed E-state index contributed by atoms with van der Waals surface area (Å²) >= 11 is 1.49. The summed E-state index contributed by atoms with van der Waals surface area (Å²) in [6, 6.07) is 12.7. The number of piperazine rings is 1. The molecule has 0 aliphatic carbocycles. The minimum Gasteiger partial charge on any atom is -0.506 e. The van der Waals surface area contributed by atoms with Crippen LogP contribution in [-0.2, 0) is 0 Å². The predicted octanol–water partition coefficient (Wildman–Crippen LogP) is 4.17. The molecule has 1 aromatic carbocycles. The van der Waals surface area contributed by atoms with Crippen LogP contribution in [0.15, 0.2) is 60.2 Å². The Labute approximate surface area is 229 Å². The average Bonchev–Trinajstić information content (AvgIpc) is 3.50. The molecule has 4 aromatic rings. The number of piperidine rings is 1. The summed E-state index contributed by atoms with van der Waals surface area (Å²) in [5.74, 6) is 0.942. The molecule has 0 spiro atoms. The number of carbonyl (C=O) groups excluding carboxylic acids is 2. The Hall–Kier alpha value is -4.25. The Morgan fingerprint density at radius 1 is 0.897 bits per heavy atom. The number of phenols is 1. The van der Waals surface area contributed by atoms with E-state index in [1.807, 2.05) is 28.0 Å². The number of hydrogen-bond donors (Lipinski definition) is 2. The van der Waals surface area contributed by atoms with Crippen LogP contribution in [0.25, 0.3) is 10.9 Å². The van der Waals surface area contributed by atoms with E-state index in [9.17, 15) is 14.7 Å². The van der Waals surface area contributed by atoms with Gasteiger partial charge in [0.1, 0.15) is 22.8 Å². The van der Waals surface area contributed by atoms with Crippen LogP contribution in [0.1, 0.15) is 34.3 Å². The summed E-state index contributed by atoms with van der Waals surface area (Å²) in [5.41, 5.74) is 1.37. The van der Waals surface area contributed by atoms with Crippen molar-refractivity contribution in [3.8, 4) is 5.75 Å². The van der Waals surface area contributed by atoms with E-state index in [1.165, 1.54) is 17.4 Å². The average molecular weight is 544 g/mol. The quantitative estimate of drug-likeness (QED) is 0.371. The second kappa shape index (κ2) is 10.9. The van der Waals surface area contributed by atoms with Crippen LogP contribution >= 0.6 is 11.3 Å². The zero-order valence-electron chi connectivity index (χ0n) is 21.4. The van der Waals surface area contributed by atoms with Crippen molar-refractivity contribution in [1.29, 1.82) is 0 Å². The molecular formula is C28H29N7O3S. The molecule has 200 valence electrons. The van der Waals surface area contributed by atoms with Gasteiger partial charge in [0.25, 0.3) is 5.91 Å². The number of amides is 3. The van der Waals surface area contributed by atoms with Crippen molar-refractivity contribution in [2.24, 2.45) is 0 Å². The highest BCUT2D eigenvalue weighted by Gasteiger charge is 2.30. The van der Waals surface area contributed by atoms with Crippen molar-refractivity contribution in [2.45, 2.75) is 18.8 Å². The zero-order valence-corrected chi connectivity index (χ0v) is 22.2. The number of rotatable bonds is 4. The third kappa shape index (κ3) is 5.22. The highest BCUT2D eigenvalue weighted by molar-refractivity contribution is 7.10. The third-order valence-electron chi connectivity index (χ3n) is 7.39. The predicted molar refractivity (Wildman–Crippen MR) is 150 cm³/mol. The molecule has 2 N–H and O–H groups in total. The third-order valence-corrected chi connectivity index (χ3v) is 8.40. The first-order chi connectivity index (χ1) is 19.1. The lowest BCUT2D eigenvalue weighted by Crippen LogP contribution is -2.54. The van der Waals surface area contributed by atoms with Gasteiger partial charge in [-0.25, -0.2) is 14.8 Å². The first-order valence-corrected chi connectivity index (χ1v) is 14.0. The van der Waals surface area contributed by atoms with E-state index >= 15 is 0 Å². The summed E-state index contributed by atoms with van der Waals surface area (Å²) in [6.45, 7) is 4.29. The van der Waals surface area contributed by atoms with Crippen LogP contribution in [0.3, 0.4) is 0 Å². The van der Waals surface area contributed by atoms with Gasteiger partial charge in [0, 0.05) is 68.3 Å². The number of hydrogen-bond acceptors (Lipinski definition) is 8. The van der Waals surface area contributed by atoms with Gasteiger partial charge >= 0.3 is 6.03 Å². The monoisotopic (exact) mass is 543 g/mol. The lowest BCUT2D eigenvalue weighted by Gasteiger charge is -2.39. The number of benzene rings is 1. The molecule has 2 aliphatic rings. The van der Waals surface area contributed by atoms with Crippen LogP contribution in [-0.4, -0.2) is 81.1 Å². The molecule has 3 amide bonds. The fourth-order valence-corrected chi connectivity index (χ4v) is 6.19. The largest absolute Gasteiger partial charge is 0.506 e. The maximum atomic E-state index is 13.2. The van der Waals surface area contributed by atoms with Gasteiger partial charge in [-0.1, -0.05) is 6.07 Å². The van der Waals surface area contributed by atoms with E-state index in [-0.39, 0.29) is 23.6 Å². The second-order valence-electron chi connectivity index (χ2n) is 9.76. The van der Waals surface area contributed by atoms with Gasteiger partial charge in [0.15, 0.2) is 0 Å². The van der Waals surface area contributed by atoms with Crippen LogP contribution in [0.4, 0.5) is 16.3 Å². The van der Waals surface area contributed by atoms with Crippen molar-refractivity contribution >= 4 is 45.7 Å². The number of carbonyl (C=O) groups is 2. The van der Waals surface area contributed by atoms with E-state index in [0.29, 0.717) is 48.5 Å². The van der Waals surface area contributed by atoms with Crippen molar-refractivity contribution in [3.05, 3.63) is 70.9 Å². The molecule has 0 saturated carbocycles. The van der Waals surface area contributed by atoms with Gasteiger partial charge in [-0.2, -0.15) is 0 Å². The Balaban J connectivity index is 1.03. The minimum atomic E-state index is -0.300. The minimum absolute atomic E-state index is 0.0658. The van der Waals surface area contributed by atoms with Crippen molar-refractivity contribution in [1.82, 2.24) is 24.8 Å². The Bertz CT molecular complexity index is 1480. The van der Waals surface area contributed by atoms with Crippen molar-refractivity contribution in [3.63, 3.8) is 0 Å². The van der Waals surface area contributed by atoms with Crippen molar-refractivity contribution in [2.75, 3.05) is 49.5 Å². The molecule has 11 heteroatoms. The highest BCUT2D eigenvalue weighted by Crippen LogP contribution is 2.32. The van der Waals surface area contributed by atoms with Crippen LogP contribution in [0.2, 0.25) is 0 Å². The van der Waals surface area contributed by atoms with Gasteiger partial charge in [-0.3, -0.25) is 9.78 Å². The van der Waals surface area contributed by atoms with Crippen LogP contribution in [0.5, 0.6) is 5.75 Å². The SMILES string of the molecule is O=C(Nc1ccc(O)c2ncccc12)c1csc(C2CCN(C(=O)N3CCN(c4ccccn4)CC3)CC2)n1. The van der Waals surface area contributed by atoms with Gasteiger partial charge in [-0.05, 0) is 49.2 Å². The molecule has 39 heavy (non-hydrogen) atoms. The number of fused-ring (bicyclic) bond motifs is 1. The highest BCUT2D eigenvalue weighted by atomic mass is 32.1. The van der Waals surface area contributed by atoms with Gasteiger partial charge in [0.05, 0.1) is 10.7 Å². The molecule has 0 bridgehead atoms. The second-order valence-corrected chi connectivity index (χ2v) is 10.7. The number of aromatic nitrogens is 3. The summed E-state index contributed by atoms with van der Waals surface area (Å²) < 4.78 is 0. The van der Waals surface area contributed by atoms with Gasteiger partial charge in [0.2, 0.25) is 0 Å². The molecule has 0 atom stereocenters. The fourth-order valence-electron chi connectivity index (χ4n) is 5.22. The number of likely N-dealkylation sites (tertiary alicyclic amines) is 1. The first-order valence-electron chi connectivity index (χ1n) is 13.1. The Morgan fingerprint density at radius 2 is 1.67 bits per heavy atom. The number of nitrogens with zero attached hydrogens (tertiary/aromatic N) is 6. The maximum absolute atomic E-state index is 13.2. The first kappa shape index (κ1) is 25.1. The molecular weight excluding hydrogens is 514 g/mol. The summed E-state index contributed by atoms with van der Waals surface area (Å²) in [5, 5.41) is 16.3. The normalized spacial score (nSPS) is 16.5. The number of anilines is 2. The molecule has 0 unspecified atom stereocenters. The van der Waals surface area contributed by atoms with E-state index < -0.39 is 0 Å². The van der Waals surface area contributed by atoms with Crippen LogP contribution < -0.4 is 10.2 Å². The van der Waals surface area contributed by atoms with Gasteiger partial charge in [-0.15, -0.1) is 11.3 Å². The smallest absolute Gasteiger partial charge is 0.320 e. The molecule has 2 aliphatic heterocycles. The number of pyridine rings is 2. The van der Waals surface area contributed by atoms with E-state index in [2.05, 4.69) is 25.2 Å². The molecule has 2 fully saturated rings. The van der Waals surface area contributed by atoms with Crippen molar-refractivity contribution < 1.29 is 14.7 Å². The van der Waals surface area contributed by atoms with E-state index in [1.54, 1.807) is 36.0 Å². The Kier molecular flexibility index (Phi) is 6.97. The van der Waals surface area contributed by atoms with E-state index in [4.69, 9.17) is 0 Å². The lowest BCUT2D eigenvalue weighted by molar-refractivity contribution is 0.102.